The Hall–Kier alpha value is -3.62. The first-order valence-corrected chi connectivity index (χ1v) is 10.4. The third-order valence-corrected chi connectivity index (χ3v) is 5.37. The first-order chi connectivity index (χ1) is 16.2. The second kappa shape index (κ2) is 9.56. The number of hydrogen-bond donors (Lipinski definition) is 1. The molecule has 0 bridgehead atoms. The van der Waals surface area contributed by atoms with Crippen LogP contribution in [0.2, 0.25) is 0 Å². The molecular formula is C26H21F6NO2. The summed E-state index contributed by atoms with van der Waals surface area (Å²) in [7, 11) is 0. The molecule has 184 valence electrons. The van der Waals surface area contributed by atoms with Crippen molar-refractivity contribution in [3.8, 4) is 22.5 Å². The molecule has 0 aliphatic carbocycles. The van der Waals surface area contributed by atoms with Gasteiger partial charge in [0.25, 0.3) is 0 Å². The number of carbonyl (C=O) groups is 1. The molecule has 0 amide bonds. The lowest BCUT2D eigenvalue weighted by molar-refractivity contribution is -0.139. The Morgan fingerprint density at radius 3 is 2.06 bits per heavy atom. The summed E-state index contributed by atoms with van der Waals surface area (Å²) in [4.78, 5) is 16.3. The fourth-order valence-corrected chi connectivity index (χ4v) is 3.68. The first kappa shape index (κ1) is 26.0. The maximum Gasteiger partial charge on any atom is 0.417 e. The van der Waals surface area contributed by atoms with Crippen LogP contribution >= 0.6 is 0 Å². The topological polar surface area (TPSA) is 50.2 Å². The number of carboxylic acid groups (broad SMARTS) is 1. The second-order valence-corrected chi connectivity index (χ2v) is 8.34. The zero-order valence-corrected chi connectivity index (χ0v) is 18.8. The maximum absolute atomic E-state index is 13.8. The summed E-state index contributed by atoms with van der Waals surface area (Å²) in [5.41, 5.74) is -0.948. The molecule has 0 saturated carbocycles. The number of hydrogen-bond acceptors (Lipinski definition) is 2. The van der Waals surface area contributed by atoms with Crippen LogP contribution in [0.3, 0.4) is 0 Å². The van der Waals surface area contributed by atoms with E-state index in [2.05, 4.69) is 11.6 Å². The number of aromatic nitrogens is 1. The van der Waals surface area contributed by atoms with Gasteiger partial charge in [0.1, 0.15) is 0 Å². The van der Waals surface area contributed by atoms with Crippen molar-refractivity contribution in [3.05, 3.63) is 89.0 Å². The Morgan fingerprint density at radius 2 is 1.54 bits per heavy atom. The number of aryl methyl sites for hydroxylation is 1. The van der Waals surface area contributed by atoms with E-state index in [0.717, 1.165) is 30.3 Å². The zero-order valence-electron chi connectivity index (χ0n) is 18.8. The van der Waals surface area contributed by atoms with Gasteiger partial charge in [-0.2, -0.15) is 26.3 Å². The lowest BCUT2D eigenvalue weighted by Crippen LogP contribution is -2.13. The van der Waals surface area contributed by atoms with E-state index < -0.39 is 35.4 Å². The SMILES string of the molecule is C=C(C)CC(C(=O)O)c1cc(-c2ccc(C(F)(F)F)cc2)nc(-c2ccc(C)cc2C(F)(F)F)c1. The minimum absolute atomic E-state index is 0.0191. The molecule has 1 N–H and O–H groups in total. The van der Waals surface area contributed by atoms with Crippen molar-refractivity contribution in [2.45, 2.75) is 38.5 Å². The molecule has 1 aromatic heterocycles. The highest BCUT2D eigenvalue weighted by molar-refractivity contribution is 5.79. The number of nitrogens with zero attached hydrogens (tertiary/aromatic N) is 1. The van der Waals surface area contributed by atoms with E-state index >= 15 is 0 Å². The predicted molar refractivity (Wildman–Crippen MR) is 120 cm³/mol. The third kappa shape index (κ3) is 6.09. The van der Waals surface area contributed by atoms with Gasteiger partial charge in [-0.05, 0) is 56.2 Å². The van der Waals surface area contributed by atoms with Crippen LogP contribution in [0.25, 0.3) is 22.5 Å². The van der Waals surface area contributed by atoms with Gasteiger partial charge in [-0.25, -0.2) is 4.98 Å². The van der Waals surface area contributed by atoms with Crippen LogP contribution in [0, 0.1) is 6.92 Å². The maximum atomic E-state index is 13.8. The number of rotatable bonds is 6. The molecule has 0 radical (unpaired) electrons. The molecule has 1 heterocycles. The predicted octanol–water partition coefficient (Wildman–Crippen LogP) is 7.90. The van der Waals surface area contributed by atoms with Crippen LogP contribution in [0.4, 0.5) is 26.3 Å². The van der Waals surface area contributed by atoms with Gasteiger partial charge in [-0.3, -0.25) is 4.79 Å². The van der Waals surface area contributed by atoms with E-state index in [1.54, 1.807) is 6.92 Å². The average Bonchev–Trinajstić information content (AvgIpc) is 2.75. The summed E-state index contributed by atoms with van der Waals surface area (Å²) in [5.74, 6) is -2.36. The number of aliphatic carboxylic acids is 1. The summed E-state index contributed by atoms with van der Waals surface area (Å²) < 4.78 is 80.4. The van der Waals surface area contributed by atoms with Crippen molar-refractivity contribution in [3.63, 3.8) is 0 Å². The van der Waals surface area contributed by atoms with Crippen LogP contribution in [-0.2, 0) is 17.1 Å². The van der Waals surface area contributed by atoms with Crippen molar-refractivity contribution in [1.29, 1.82) is 0 Å². The highest BCUT2D eigenvalue weighted by Gasteiger charge is 2.35. The van der Waals surface area contributed by atoms with Crippen molar-refractivity contribution >= 4 is 5.97 Å². The van der Waals surface area contributed by atoms with E-state index in [1.165, 1.54) is 31.2 Å². The molecule has 0 fully saturated rings. The van der Waals surface area contributed by atoms with Crippen LogP contribution in [0.1, 0.15) is 41.5 Å². The number of pyridine rings is 1. The molecule has 3 aromatic rings. The fourth-order valence-electron chi connectivity index (χ4n) is 3.68. The Morgan fingerprint density at radius 1 is 0.943 bits per heavy atom. The van der Waals surface area contributed by atoms with Crippen molar-refractivity contribution in [2.75, 3.05) is 0 Å². The van der Waals surface area contributed by atoms with Crippen LogP contribution in [-0.4, -0.2) is 16.1 Å². The quantitative estimate of drug-likeness (QED) is 0.281. The lowest BCUT2D eigenvalue weighted by atomic mass is 9.90. The first-order valence-electron chi connectivity index (χ1n) is 10.4. The molecule has 1 atom stereocenters. The standard InChI is InChI=1S/C26H21F6NO2/c1-14(2)10-20(24(34)35)17-12-22(16-5-7-18(8-6-16)25(27,28)29)33-23(13-17)19-9-4-15(3)11-21(19)26(30,31)32/h4-9,11-13,20H,1,10H2,2-3H3,(H,34,35). The Balaban J connectivity index is 2.28. The minimum Gasteiger partial charge on any atom is -0.481 e. The largest absolute Gasteiger partial charge is 0.481 e. The van der Waals surface area contributed by atoms with Crippen LogP contribution in [0.5, 0.6) is 0 Å². The summed E-state index contributed by atoms with van der Waals surface area (Å²) in [6.07, 6.45) is -9.26. The van der Waals surface area contributed by atoms with Gasteiger partial charge in [0.2, 0.25) is 0 Å². The minimum atomic E-state index is -4.71. The van der Waals surface area contributed by atoms with E-state index in [0.29, 0.717) is 11.1 Å². The Kier molecular flexibility index (Phi) is 7.10. The molecule has 0 spiro atoms. The molecule has 3 nitrogen and oxygen atoms in total. The molecule has 1 unspecified atom stereocenters. The van der Waals surface area contributed by atoms with Crippen LogP contribution in [0.15, 0.2) is 66.7 Å². The number of benzene rings is 2. The monoisotopic (exact) mass is 493 g/mol. The van der Waals surface area contributed by atoms with E-state index in [9.17, 15) is 36.2 Å². The number of allylic oxidation sites excluding steroid dienone is 1. The van der Waals surface area contributed by atoms with E-state index in [1.807, 2.05) is 0 Å². The Bertz CT molecular complexity index is 1260. The molecule has 35 heavy (non-hydrogen) atoms. The van der Waals surface area contributed by atoms with Gasteiger partial charge in [-0.15, -0.1) is 6.58 Å². The van der Waals surface area contributed by atoms with Gasteiger partial charge in [-0.1, -0.05) is 35.4 Å². The molecule has 2 aromatic carbocycles. The normalized spacial score (nSPS) is 12.9. The molecule has 0 saturated heterocycles. The zero-order chi connectivity index (χ0) is 26.1. The highest BCUT2D eigenvalue weighted by atomic mass is 19.4. The number of halogens is 6. The highest BCUT2D eigenvalue weighted by Crippen LogP contribution is 2.39. The van der Waals surface area contributed by atoms with E-state index in [-0.39, 0.29) is 34.5 Å². The third-order valence-electron chi connectivity index (χ3n) is 5.37. The molecule has 3 rings (SSSR count). The molecule has 0 aliphatic heterocycles. The lowest BCUT2D eigenvalue weighted by Gasteiger charge is -2.18. The summed E-state index contributed by atoms with van der Waals surface area (Å²) in [5, 5.41) is 9.78. The Labute approximate surface area is 197 Å². The van der Waals surface area contributed by atoms with Crippen molar-refractivity contribution < 1.29 is 36.2 Å². The average molecular weight is 493 g/mol. The fraction of sp³-hybridized carbons (Fsp3) is 0.231. The smallest absolute Gasteiger partial charge is 0.417 e. The number of carboxylic acids is 1. The van der Waals surface area contributed by atoms with Crippen molar-refractivity contribution in [2.24, 2.45) is 0 Å². The summed E-state index contributed by atoms with van der Waals surface area (Å²) in [6, 6.07) is 10.3. The van der Waals surface area contributed by atoms with Crippen LogP contribution < -0.4 is 0 Å². The van der Waals surface area contributed by atoms with Gasteiger partial charge in [0, 0.05) is 11.1 Å². The molecule has 0 aliphatic rings. The van der Waals surface area contributed by atoms with Gasteiger partial charge < -0.3 is 5.11 Å². The van der Waals surface area contributed by atoms with Crippen molar-refractivity contribution in [1.82, 2.24) is 4.98 Å². The van der Waals surface area contributed by atoms with Gasteiger partial charge in [0.15, 0.2) is 0 Å². The number of alkyl halides is 6. The molecule has 9 heteroatoms. The van der Waals surface area contributed by atoms with E-state index in [4.69, 9.17) is 0 Å². The summed E-state index contributed by atoms with van der Waals surface area (Å²) in [6.45, 7) is 6.84. The van der Waals surface area contributed by atoms with Gasteiger partial charge >= 0.3 is 18.3 Å². The summed E-state index contributed by atoms with van der Waals surface area (Å²) >= 11 is 0. The second-order valence-electron chi connectivity index (χ2n) is 8.34. The van der Waals surface area contributed by atoms with Gasteiger partial charge in [0.05, 0.1) is 28.4 Å². The molecular weight excluding hydrogens is 472 g/mol.